The molecule has 0 bridgehead atoms. The van der Waals surface area contributed by atoms with Gasteiger partial charge in [-0.15, -0.1) is 0 Å². The average molecular weight is 252 g/mol. The number of benzene rings is 1. The molecular weight excluding hydrogens is 243 g/mol. The van der Waals surface area contributed by atoms with E-state index in [1.807, 2.05) is 5.32 Å². The molecule has 7 heteroatoms. The van der Waals surface area contributed by atoms with Crippen molar-refractivity contribution in [3.05, 3.63) is 35.1 Å². The quantitative estimate of drug-likeness (QED) is 0.671. The summed E-state index contributed by atoms with van der Waals surface area (Å²) in [4.78, 5) is 33.3. The monoisotopic (exact) mass is 252 g/mol. The van der Waals surface area contributed by atoms with Gasteiger partial charge in [0.15, 0.2) is 0 Å². The number of halogens is 1. The predicted octanol–water partition coefficient (Wildman–Crippen LogP) is 0.579. The molecule has 0 spiro atoms. The maximum absolute atomic E-state index is 13.8. The highest BCUT2D eigenvalue weighted by Gasteiger charge is 2.45. The summed E-state index contributed by atoms with van der Waals surface area (Å²) in [5.74, 6) is -2.82. The van der Waals surface area contributed by atoms with Crippen LogP contribution in [-0.2, 0) is 10.3 Å². The third-order valence-electron chi connectivity index (χ3n) is 2.80. The molecule has 0 saturated carbocycles. The molecule has 1 heterocycles. The minimum atomic E-state index is -1.53. The molecule has 1 aromatic rings. The van der Waals surface area contributed by atoms with E-state index in [9.17, 15) is 18.8 Å². The molecule has 0 radical (unpaired) electrons. The number of rotatable bonds is 2. The summed E-state index contributed by atoms with van der Waals surface area (Å²) in [6.07, 6.45) is 0. The van der Waals surface area contributed by atoms with Gasteiger partial charge in [-0.25, -0.2) is 14.0 Å². The first-order valence-electron chi connectivity index (χ1n) is 5.01. The molecule has 1 fully saturated rings. The van der Waals surface area contributed by atoms with Gasteiger partial charge in [0.05, 0.1) is 5.56 Å². The van der Waals surface area contributed by atoms with E-state index in [0.29, 0.717) is 0 Å². The molecule has 94 valence electrons. The molecule has 1 saturated heterocycles. The molecule has 0 aromatic heterocycles. The van der Waals surface area contributed by atoms with Crippen molar-refractivity contribution in [2.75, 3.05) is 0 Å². The van der Waals surface area contributed by atoms with Crippen molar-refractivity contribution >= 4 is 17.9 Å². The van der Waals surface area contributed by atoms with Crippen molar-refractivity contribution < 1.29 is 23.9 Å². The lowest BCUT2D eigenvalue weighted by molar-refractivity contribution is -0.123. The summed E-state index contributed by atoms with van der Waals surface area (Å²) in [5, 5.41) is 13.0. The highest BCUT2D eigenvalue weighted by molar-refractivity contribution is 6.07. The number of nitrogens with one attached hydrogen (secondary N) is 2. The van der Waals surface area contributed by atoms with Crippen LogP contribution in [0.1, 0.15) is 22.8 Å². The molecule has 3 N–H and O–H groups in total. The third-order valence-corrected chi connectivity index (χ3v) is 2.80. The fourth-order valence-electron chi connectivity index (χ4n) is 1.79. The first-order valence-corrected chi connectivity index (χ1v) is 5.01. The minimum Gasteiger partial charge on any atom is -0.478 e. The van der Waals surface area contributed by atoms with Gasteiger partial charge in [0.1, 0.15) is 11.4 Å². The normalized spacial score (nSPS) is 22.6. The van der Waals surface area contributed by atoms with Crippen LogP contribution in [0.4, 0.5) is 9.18 Å². The van der Waals surface area contributed by atoms with Crippen LogP contribution in [0.2, 0.25) is 0 Å². The molecule has 1 unspecified atom stereocenters. The second-order valence-corrected chi connectivity index (χ2v) is 4.03. The van der Waals surface area contributed by atoms with Crippen LogP contribution in [0, 0.1) is 5.82 Å². The lowest BCUT2D eigenvalue weighted by Gasteiger charge is -2.21. The van der Waals surface area contributed by atoms with Crippen molar-refractivity contribution in [3.8, 4) is 0 Å². The number of carbonyl (C=O) groups is 3. The number of carboxylic acid groups (broad SMARTS) is 1. The molecule has 1 aromatic carbocycles. The van der Waals surface area contributed by atoms with Crippen molar-refractivity contribution in [3.63, 3.8) is 0 Å². The van der Waals surface area contributed by atoms with Gasteiger partial charge in [-0.1, -0.05) is 6.07 Å². The van der Waals surface area contributed by atoms with Gasteiger partial charge in [0.25, 0.3) is 5.91 Å². The van der Waals surface area contributed by atoms with Crippen LogP contribution in [-0.4, -0.2) is 23.0 Å². The first kappa shape index (κ1) is 12.0. The summed E-state index contributed by atoms with van der Waals surface area (Å²) in [6, 6.07) is 2.43. The van der Waals surface area contributed by atoms with E-state index in [-0.39, 0.29) is 11.1 Å². The Balaban J connectivity index is 2.49. The zero-order valence-electron chi connectivity index (χ0n) is 9.28. The van der Waals surface area contributed by atoms with Gasteiger partial charge in [-0.2, -0.15) is 0 Å². The van der Waals surface area contributed by atoms with Crippen molar-refractivity contribution in [1.82, 2.24) is 10.6 Å². The standard InChI is InChI=1S/C11H9FN2O4/c1-11(9(17)13-10(18)14-11)6-3-2-5(8(15)16)4-7(6)12/h2-4H,1H3,(H,15,16)(H2,13,14,17,18). The van der Waals surface area contributed by atoms with E-state index in [2.05, 4.69) is 5.32 Å². The van der Waals surface area contributed by atoms with Crippen LogP contribution in [0.15, 0.2) is 18.2 Å². The Hall–Kier alpha value is -2.44. The first-order chi connectivity index (χ1) is 8.34. The maximum Gasteiger partial charge on any atom is 0.335 e. The number of urea groups is 1. The largest absolute Gasteiger partial charge is 0.478 e. The number of carboxylic acids is 1. The topological polar surface area (TPSA) is 95.5 Å². The Bertz CT molecular complexity index is 572. The number of carbonyl (C=O) groups excluding carboxylic acids is 2. The smallest absolute Gasteiger partial charge is 0.335 e. The number of imide groups is 1. The summed E-state index contributed by atoms with van der Waals surface area (Å²) >= 11 is 0. The van der Waals surface area contributed by atoms with Crippen molar-refractivity contribution in [1.29, 1.82) is 0 Å². The highest BCUT2D eigenvalue weighted by atomic mass is 19.1. The van der Waals surface area contributed by atoms with E-state index in [1.165, 1.54) is 19.1 Å². The molecule has 3 amide bonds. The Kier molecular flexibility index (Phi) is 2.54. The van der Waals surface area contributed by atoms with Crippen LogP contribution in [0.3, 0.4) is 0 Å². The summed E-state index contributed by atoms with van der Waals surface area (Å²) in [7, 11) is 0. The Morgan fingerprint density at radius 3 is 2.50 bits per heavy atom. The maximum atomic E-state index is 13.8. The second-order valence-electron chi connectivity index (χ2n) is 4.03. The molecule has 6 nitrogen and oxygen atoms in total. The molecular formula is C11H9FN2O4. The zero-order valence-corrected chi connectivity index (χ0v) is 9.28. The molecule has 1 atom stereocenters. The number of amides is 3. The predicted molar refractivity (Wildman–Crippen MR) is 57.4 cm³/mol. The van der Waals surface area contributed by atoms with Gasteiger partial charge < -0.3 is 10.4 Å². The lowest BCUT2D eigenvalue weighted by atomic mass is 9.91. The number of hydrogen-bond donors (Lipinski definition) is 3. The second kappa shape index (κ2) is 3.80. The fourth-order valence-corrected chi connectivity index (χ4v) is 1.79. The molecule has 1 aliphatic heterocycles. The highest BCUT2D eigenvalue weighted by Crippen LogP contribution is 2.27. The van der Waals surface area contributed by atoms with Crippen LogP contribution >= 0.6 is 0 Å². The van der Waals surface area contributed by atoms with Gasteiger partial charge in [-0.3, -0.25) is 10.1 Å². The molecule has 18 heavy (non-hydrogen) atoms. The zero-order chi connectivity index (χ0) is 13.5. The van der Waals surface area contributed by atoms with Crippen LogP contribution in [0.25, 0.3) is 0 Å². The molecule has 1 aliphatic rings. The molecule has 2 rings (SSSR count). The van der Waals surface area contributed by atoms with Gasteiger partial charge in [0.2, 0.25) is 0 Å². The Morgan fingerprint density at radius 1 is 1.39 bits per heavy atom. The number of hydrogen-bond acceptors (Lipinski definition) is 3. The van der Waals surface area contributed by atoms with Gasteiger partial charge in [-0.05, 0) is 19.1 Å². The summed E-state index contributed by atoms with van der Waals surface area (Å²) in [5.41, 5.74) is -1.85. The van der Waals surface area contributed by atoms with Gasteiger partial charge >= 0.3 is 12.0 Å². The van der Waals surface area contributed by atoms with Gasteiger partial charge in [0, 0.05) is 5.56 Å². The van der Waals surface area contributed by atoms with Crippen LogP contribution < -0.4 is 10.6 Å². The fraction of sp³-hybridized carbons (Fsp3) is 0.182. The van der Waals surface area contributed by atoms with Crippen molar-refractivity contribution in [2.45, 2.75) is 12.5 Å². The lowest BCUT2D eigenvalue weighted by Crippen LogP contribution is -2.41. The Labute approximate surface area is 101 Å². The van der Waals surface area contributed by atoms with E-state index in [1.54, 1.807) is 0 Å². The van der Waals surface area contributed by atoms with E-state index < -0.39 is 29.3 Å². The SMILES string of the molecule is CC1(c2ccc(C(=O)O)cc2F)NC(=O)NC1=O. The molecule has 0 aliphatic carbocycles. The van der Waals surface area contributed by atoms with Crippen molar-refractivity contribution in [2.24, 2.45) is 0 Å². The third kappa shape index (κ3) is 1.69. The Morgan fingerprint density at radius 2 is 2.06 bits per heavy atom. The van der Waals surface area contributed by atoms with Crippen LogP contribution in [0.5, 0.6) is 0 Å². The summed E-state index contributed by atoms with van der Waals surface area (Å²) < 4.78 is 13.8. The average Bonchev–Trinajstić information content (AvgIpc) is 2.52. The number of aromatic carboxylic acids is 1. The summed E-state index contributed by atoms with van der Waals surface area (Å²) in [6.45, 7) is 1.34. The van der Waals surface area contributed by atoms with E-state index >= 15 is 0 Å². The van der Waals surface area contributed by atoms with E-state index in [4.69, 9.17) is 5.11 Å². The minimum absolute atomic E-state index is 0.0872. The van der Waals surface area contributed by atoms with E-state index in [0.717, 1.165) is 6.07 Å².